The minimum atomic E-state index is -1.04. The van der Waals surface area contributed by atoms with E-state index in [-0.39, 0.29) is 5.91 Å². The third-order valence-electron chi connectivity index (χ3n) is 6.56. The molecule has 3 aromatic rings. The number of amides is 3. The van der Waals surface area contributed by atoms with Crippen molar-refractivity contribution in [1.29, 1.82) is 0 Å². The molecule has 8 nitrogen and oxygen atoms in total. The smallest absolute Gasteiger partial charge is 0.268 e. The Bertz CT molecular complexity index is 1380. The molecule has 3 aromatic carbocycles. The van der Waals surface area contributed by atoms with Gasteiger partial charge in [-0.2, -0.15) is 0 Å². The molecule has 9 heteroatoms. The number of hydrogen-bond acceptors (Lipinski definition) is 6. The van der Waals surface area contributed by atoms with Crippen LogP contribution in [-0.2, 0) is 9.59 Å². The highest BCUT2D eigenvalue weighted by molar-refractivity contribution is 9.10. The first-order chi connectivity index (χ1) is 17.3. The maximum atomic E-state index is 13.9. The first kappa shape index (κ1) is 24.0. The fourth-order valence-corrected chi connectivity index (χ4v) is 5.30. The van der Waals surface area contributed by atoms with Crippen LogP contribution in [0.2, 0.25) is 0 Å². The summed E-state index contributed by atoms with van der Waals surface area (Å²) in [7, 11) is 3.08. The van der Waals surface area contributed by atoms with Crippen LogP contribution in [0.25, 0.3) is 0 Å². The second-order valence-corrected chi connectivity index (χ2v) is 9.64. The van der Waals surface area contributed by atoms with E-state index in [4.69, 9.17) is 9.47 Å². The largest absolute Gasteiger partial charge is 0.497 e. The van der Waals surface area contributed by atoms with Crippen molar-refractivity contribution in [2.75, 3.05) is 19.1 Å². The van der Waals surface area contributed by atoms with Crippen LogP contribution in [0.4, 0.5) is 5.69 Å². The average Bonchev–Trinajstić information content (AvgIpc) is 3.39. The summed E-state index contributed by atoms with van der Waals surface area (Å²) in [6.45, 7) is 1.89. The Morgan fingerprint density at radius 1 is 0.944 bits per heavy atom. The molecular weight excluding hydrogens is 526 g/mol. The molecular formula is C27H24BrN3O5. The van der Waals surface area contributed by atoms with Gasteiger partial charge in [0, 0.05) is 15.6 Å². The molecule has 3 atom stereocenters. The van der Waals surface area contributed by atoms with Gasteiger partial charge < -0.3 is 9.47 Å². The fraction of sp³-hybridized carbons (Fsp3) is 0.222. The summed E-state index contributed by atoms with van der Waals surface area (Å²) in [5.74, 6) is -1.05. The van der Waals surface area contributed by atoms with Crippen molar-refractivity contribution in [2.45, 2.75) is 19.0 Å². The standard InChI is InChI=1S/C27H24BrN3O5/c1-15-6-4-9-18(12-15)30-26(33)22-23(20-14-19(35-2)10-11-21(20)36-3)29-31(24(22)27(30)34)25(32)16-7-5-8-17(28)13-16/h4-14,22-24,29H,1-3H3/t22-,23+,24+/m1/s1. The van der Waals surface area contributed by atoms with Crippen LogP contribution in [0.1, 0.15) is 27.5 Å². The molecule has 0 radical (unpaired) electrons. The number of aryl methyl sites for hydroxylation is 1. The molecule has 5 rings (SSSR count). The predicted molar refractivity (Wildman–Crippen MR) is 137 cm³/mol. The van der Waals surface area contributed by atoms with Crippen molar-refractivity contribution >= 4 is 39.3 Å². The molecule has 2 heterocycles. The number of benzene rings is 3. The number of hydrogen-bond donors (Lipinski definition) is 1. The van der Waals surface area contributed by atoms with Crippen LogP contribution in [0.15, 0.2) is 71.2 Å². The number of rotatable bonds is 5. The Labute approximate surface area is 216 Å². The molecule has 0 aromatic heterocycles. The lowest BCUT2D eigenvalue weighted by atomic mass is 9.90. The van der Waals surface area contributed by atoms with E-state index >= 15 is 0 Å². The molecule has 2 aliphatic heterocycles. The van der Waals surface area contributed by atoms with Gasteiger partial charge in [0.2, 0.25) is 5.91 Å². The molecule has 0 aliphatic carbocycles. The molecule has 1 N–H and O–H groups in total. The van der Waals surface area contributed by atoms with Gasteiger partial charge in [-0.25, -0.2) is 10.3 Å². The third-order valence-corrected chi connectivity index (χ3v) is 7.05. The van der Waals surface area contributed by atoms with Gasteiger partial charge in [0.15, 0.2) is 0 Å². The molecule has 2 fully saturated rings. The molecule has 0 spiro atoms. The zero-order valence-corrected chi connectivity index (χ0v) is 21.5. The van der Waals surface area contributed by atoms with Crippen LogP contribution in [0.5, 0.6) is 11.5 Å². The Kier molecular flexibility index (Phi) is 6.27. The van der Waals surface area contributed by atoms with Gasteiger partial charge >= 0.3 is 0 Å². The van der Waals surface area contributed by atoms with Gasteiger partial charge in [-0.3, -0.25) is 19.4 Å². The number of imide groups is 1. The zero-order chi connectivity index (χ0) is 25.6. The quantitative estimate of drug-likeness (QED) is 0.483. The zero-order valence-electron chi connectivity index (χ0n) is 19.9. The Morgan fingerprint density at radius 2 is 1.72 bits per heavy atom. The average molecular weight is 550 g/mol. The fourth-order valence-electron chi connectivity index (χ4n) is 4.90. The summed E-state index contributed by atoms with van der Waals surface area (Å²) in [5.41, 5.74) is 5.54. The van der Waals surface area contributed by atoms with E-state index in [0.29, 0.717) is 28.3 Å². The van der Waals surface area contributed by atoms with Crippen molar-refractivity contribution in [1.82, 2.24) is 10.4 Å². The van der Waals surface area contributed by atoms with Gasteiger partial charge in [-0.15, -0.1) is 0 Å². The first-order valence-corrected chi connectivity index (χ1v) is 12.1. The van der Waals surface area contributed by atoms with Crippen LogP contribution in [-0.4, -0.2) is 43.0 Å². The van der Waals surface area contributed by atoms with E-state index in [0.717, 1.165) is 10.0 Å². The highest BCUT2D eigenvalue weighted by atomic mass is 79.9. The SMILES string of the molecule is COc1ccc(OC)c([C@@H]2NN(C(=O)c3cccc(Br)c3)[C@@H]3C(=O)N(c4cccc(C)c4)C(=O)[C@@H]32)c1. The van der Waals surface area contributed by atoms with Crippen LogP contribution in [0, 0.1) is 12.8 Å². The summed E-state index contributed by atoms with van der Waals surface area (Å²) in [6, 6.07) is 17.6. The molecule has 184 valence electrons. The normalized spacial score (nSPS) is 21.1. The third kappa shape index (κ3) is 3.94. The highest BCUT2D eigenvalue weighted by Crippen LogP contribution is 2.45. The number of methoxy groups -OCH3 is 2. The number of carbonyl (C=O) groups excluding carboxylic acids is 3. The van der Waals surface area contributed by atoms with Crippen LogP contribution < -0.4 is 19.8 Å². The number of nitrogens with one attached hydrogen (secondary N) is 1. The Hall–Kier alpha value is -3.69. The number of hydrazine groups is 1. The number of carbonyl (C=O) groups is 3. The lowest BCUT2D eigenvalue weighted by molar-refractivity contribution is -0.123. The van der Waals surface area contributed by atoms with E-state index in [1.165, 1.54) is 17.0 Å². The van der Waals surface area contributed by atoms with E-state index in [1.807, 2.05) is 19.1 Å². The molecule has 2 aliphatic rings. The Morgan fingerprint density at radius 3 is 2.42 bits per heavy atom. The molecule has 36 heavy (non-hydrogen) atoms. The maximum absolute atomic E-state index is 13.9. The van der Waals surface area contributed by atoms with Gasteiger partial charge in [0.05, 0.1) is 31.9 Å². The number of ether oxygens (including phenoxy) is 2. The second kappa shape index (κ2) is 9.40. The van der Waals surface area contributed by atoms with Crippen LogP contribution >= 0.6 is 15.9 Å². The van der Waals surface area contributed by atoms with Crippen molar-refractivity contribution in [3.8, 4) is 11.5 Å². The predicted octanol–water partition coefficient (Wildman–Crippen LogP) is 4.03. The van der Waals surface area contributed by atoms with Gasteiger partial charge in [0.1, 0.15) is 17.5 Å². The number of anilines is 1. The van der Waals surface area contributed by atoms with Gasteiger partial charge in [-0.05, 0) is 61.0 Å². The lowest BCUT2D eigenvalue weighted by Gasteiger charge is -2.26. The van der Waals surface area contributed by atoms with E-state index in [9.17, 15) is 14.4 Å². The van der Waals surface area contributed by atoms with Crippen LogP contribution in [0.3, 0.4) is 0 Å². The Balaban J connectivity index is 1.63. The van der Waals surface area contributed by atoms with E-state index < -0.39 is 29.8 Å². The van der Waals surface area contributed by atoms with E-state index in [1.54, 1.807) is 61.7 Å². The number of fused-ring (bicyclic) bond motifs is 1. The molecule has 0 bridgehead atoms. The summed E-state index contributed by atoms with van der Waals surface area (Å²) < 4.78 is 11.7. The minimum Gasteiger partial charge on any atom is -0.497 e. The topological polar surface area (TPSA) is 88.2 Å². The molecule has 2 saturated heterocycles. The monoisotopic (exact) mass is 549 g/mol. The summed E-state index contributed by atoms with van der Waals surface area (Å²) >= 11 is 3.40. The highest BCUT2D eigenvalue weighted by Gasteiger charge is 2.61. The van der Waals surface area contributed by atoms with Crippen molar-refractivity contribution < 1.29 is 23.9 Å². The van der Waals surface area contributed by atoms with Gasteiger partial charge in [-0.1, -0.05) is 34.1 Å². The van der Waals surface area contributed by atoms with Crippen molar-refractivity contribution in [3.05, 3.63) is 87.9 Å². The van der Waals surface area contributed by atoms with E-state index in [2.05, 4.69) is 21.4 Å². The minimum absolute atomic E-state index is 0.378. The van der Waals surface area contributed by atoms with Crippen molar-refractivity contribution in [2.24, 2.45) is 5.92 Å². The number of nitrogens with zero attached hydrogens (tertiary/aromatic N) is 2. The summed E-state index contributed by atoms with van der Waals surface area (Å²) in [5, 5.41) is 1.28. The number of halogens is 1. The van der Waals surface area contributed by atoms with Gasteiger partial charge in [0.25, 0.3) is 11.8 Å². The summed E-state index contributed by atoms with van der Waals surface area (Å²) in [6.07, 6.45) is 0. The second-order valence-electron chi connectivity index (χ2n) is 8.72. The maximum Gasteiger partial charge on any atom is 0.268 e. The molecule has 3 amide bonds. The van der Waals surface area contributed by atoms with Crippen molar-refractivity contribution in [3.63, 3.8) is 0 Å². The molecule has 0 saturated carbocycles. The first-order valence-electron chi connectivity index (χ1n) is 11.4. The molecule has 0 unspecified atom stereocenters. The lowest BCUT2D eigenvalue weighted by Crippen LogP contribution is -2.48. The summed E-state index contributed by atoms with van der Waals surface area (Å²) in [4.78, 5) is 42.5.